The highest BCUT2D eigenvalue weighted by Gasteiger charge is 2.38. The van der Waals surface area contributed by atoms with Crippen molar-refractivity contribution in [2.75, 3.05) is 11.9 Å². The highest BCUT2D eigenvalue weighted by Crippen LogP contribution is 2.39. The minimum atomic E-state index is -4.70. The van der Waals surface area contributed by atoms with E-state index in [0.717, 1.165) is 23.8 Å². The van der Waals surface area contributed by atoms with Crippen molar-refractivity contribution in [3.8, 4) is 0 Å². The maximum absolute atomic E-state index is 14.2. The van der Waals surface area contributed by atoms with Crippen LogP contribution in [0.1, 0.15) is 29.7 Å². The maximum atomic E-state index is 14.2. The van der Waals surface area contributed by atoms with Crippen molar-refractivity contribution >= 4 is 11.7 Å². The van der Waals surface area contributed by atoms with Crippen molar-refractivity contribution in [3.63, 3.8) is 0 Å². The highest BCUT2D eigenvalue weighted by molar-refractivity contribution is 5.95. The van der Waals surface area contributed by atoms with Gasteiger partial charge in [-0.1, -0.05) is 24.3 Å². The number of amides is 2. The first kappa shape index (κ1) is 17.3. The molecule has 1 heterocycles. The molecular weight excluding hydrogens is 336 g/mol. The number of halogens is 4. The lowest BCUT2D eigenvalue weighted by atomic mass is 10.00. The van der Waals surface area contributed by atoms with Crippen molar-refractivity contribution in [2.45, 2.75) is 25.7 Å². The number of benzene rings is 2. The first-order chi connectivity index (χ1) is 11.7. The molecule has 25 heavy (non-hydrogen) atoms. The van der Waals surface area contributed by atoms with E-state index in [2.05, 4.69) is 0 Å². The summed E-state index contributed by atoms with van der Waals surface area (Å²) in [4.78, 5) is 15.2. The van der Waals surface area contributed by atoms with Gasteiger partial charge in [-0.25, -0.2) is 9.18 Å². The van der Waals surface area contributed by atoms with Gasteiger partial charge in [0.2, 0.25) is 0 Å². The Balaban J connectivity index is 2.10. The minimum Gasteiger partial charge on any atom is -0.321 e. The molecule has 132 valence electrons. The van der Waals surface area contributed by atoms with Gasteiger partial charge in [0, 0.05) is 12.6 Å². The van der Waals surface area contributed by atoms with Crippen molar-refractivity contribution in [1.82, 2.24) is 4.90 Å². The van der Waals surface area contributed by atoms with Crippen LogP contribution in [0.5, 0.6) is 0 Å². The summed E-state index contributed by atoms with van der Waals surface area (Å²) < 4.78 is 53.9. The van der Waals surface area contributed by atoms with Gasteiger partial charge in [-0.2, -0.15) is 13.2 Å². The molecule has 0 saturated heterocycles. The summed E-state index contributed by atoms with van der Waals surface area (Å²) in [7, 11) is 1.57. The average molecular weight is 352 g/mol. The molecule has 7 heteroatoms. The summed E-state index contributed by atoms with van der Waals surface area (Å²) in [5.74, 6) is -0.985. The molecule has 0 bridgehead atoms. The summed E-state index contributed by atoms with van der Waals surface area (Å²) >= 11 is 0. The topological polar surface area (TPSA) is 23.6 Å². The molecule has 2 aromatic rings. The number of alkyl halides is 3. The standard InChI is InChI=1S/C18H16F4N2O/c1-11-12-6-3-4-9-16(12)24(17(25)23(11)2)10-13-14(18(20,21)22)7-5-8-15(13)19/h3-9,11H,10H2,1-2H3/t11-/m0/s1. The lowest BCUT2D eigenvalue weighted by molar-refractivity contribution is -0.138. The quantitative estimate of drug-likeness (QED) is 0.700. The third kappa shape index (κ3) is 2.94. The predicted octanol–water partition coefficient (Wildman–Crippen LogP) is 4.98. The molecule has 1 atom stereocenters. The second-order valence-corrected chi connectivity index (χ2v) is 5.98. The lowest BCUT2D eigenvalue weighted by Crippen LogP contribution is -2.46. The largest absolute Gasteiger partial charge is 0.416 e. The molecule has 0 unspecified atom stereocenters. The number of carbonyl (C=O) groups is 1. The average Bonchev–Trinajstić information content (AvgIpc) is 2.57. The number of para-hydroxylation sites is 1. The van der Waals surface area contributed by atoms with E-state index >= 15 is 0 Å². The van der Waals surface area contributed by atoms with E-state index in [1.165, 1.54) is 9.80 Å². The van der Waals surface area contributed by atoms with E-state index in [1.807, 2.05) is 13.0 Å². The van der Waals surface area contributed by atoms with Crippen molar-refractivity contribution in [3.05, 3.63) is 65.0 Å². The third-order valence-corrected chi connectivity index (χ3v) is 4.53. The van der Waals surface area contributed by atoms with Gasteiger partial charge in [-0.15, -0.1) is 0 Å². The van der Waals surface area contributed by atoms with Crippen molar-refractivity contribution in [1.29, 1.82) is 0 Å². The Bertz CT molecular complexity index is 819. The van der Waals surface area contributed by atoms with E-state index in [4.69, 9.17) is 0 Å². The van der Waals surface area contributed by atoms with Gasteiger partial charge in [0.1, 0.15) is 5.82 Å². The summed E-state index contributed by atoms with van der Waals surface area (Å²) in [5.41, 5.74) is -0.316. The number of rotatable bonds is 2. The van der Waals surface area contributed by atoms with Crippen LogP contribution in [0.4, 0.5) is 28.0 Å². The molecule has 0 N–H and O–H groups in total. The monoisotopic (exact) mass is 352 g/mol. The van der Waals surface area contributed by atoms with Crippen LogP contribution >= 0.6 is 0 Å². The second kappa shape index (κ2) is 6.06. The smallest absolute Gasteiger partial charge is 0.321 e. The molecule has 0 aliphatic carbocycles. The number of urea groups is 1. The molecule has 0 radical (unpaired) electrons. The Morgan fingerprint density at radius 1 is 1.08 bits per heavy atom. The van der Waals surface area contributed by atoms with Crippen LogP contribution in [0.2, 0.25) is 0 Å². The zero-order chi connectivity index (χ0) is 18.4. The van der Waals surface area contributed by atoms with Crippen LogP contribution in [-0.2, 0) is 12.7 Å². The fraction of sp³-hybridized carbons (Fsp3) is 0.278. The van der Waals surface area contributed by atoms with E-state index in [1.54, 1.807) is 25.2 Å². The number of carbonyl (C=O) groups excluding carboxylic acids is 1. The molecule has 2 aromatic carbocycles. The normalized spacial score (nSPS) is 17.7. The highest BCUT2D eigenvalue weighted by atomic mass is 19.4. The summed E-state index contributed by atoms with van der Waals surface area (Å²) in [6.45, 7) is 1.34. The zero-order valence-electron chi connectivity index (χ0n) is 13.6. The van der Waals surface area contributed by atoms with Crippen LogP contribution in [0.3, 0.4) is 0 Å². The fourth-order valence-electron chi connectivity index (χ4n) is 3.05. The van der Waals surface area contributed by atoms with Gasteiger partial charge in [0.15, 0.2) is 0 Å². The van der Waals surface area contributed by atoms with Gasteiger partial charge in [-0.05, 0) is 30.7 Å². The number of hydrogen-bond acceptors (Lipinski definition) is 1. The van der Waals surface area contributed by atoms with E-state index in [-0.39, 0.29) is 6.04 Å². The Kier molecular flexibility index (Phi) is 4.18. The minimum absolute atomic E-state index is 0.220. The Morgan fingerprint density at radius 2 is 1.76 bits per heavy atom. The summed E-state index contributed by atoms with van der Waals surface area (Å²) in [5, 5.41) is 0. The lowest BCUT2D eigenvalue weighted by Gasteiger charge is -2.39. The number of anilines is 1. The molecule has 0 fully saturated rings. The van der Waals surface area contributed by atoms with Gasteiger partial charge in [-0.3, -0.25) is 4.90 Å². The van der Waals surface area contributed by atoms with Crippen LogP contribution < -0.4 is 4.90 Å². The SMILES string of the molecule is C[C@H]1c2ccccc2N(Cc2c(F)cccc2C(F)(F)F)C(=O)N1C. The summed E-state index contributed by atoms with van der Waals surface area (Å²) in [6, 6.07) is 9.08. The van der Waals surface area contributed by atoms with E-state index in [0.29, 0.717) is 5.69 Å². The molecule has 1 aliphatic heterocycles. The first-order valence-electron chi connectivity index (χ1n) is 7.69. The first-order valence-corrected chi connectivity index (χ1v) is 7.69. The van der Waals surface area contributed by atoms with Gasteiger partial charge < -0.3 is 4.90 Å². The molecule has 3 nitrogen and oxygen atoms in total. The van der Waals surface area contributed by atoms with Gasteiger partial charge >= 0.3 is 12.2 Å². The Hall–Kier alpha value is -2.57. The molecule has 1 aliphatic rings. The van der Waals surface area contributed by atoms with Crippen LogP contribution in [0, 0.1) is 5.82 Å². The molecule has 2 amide bonds. The van der Waals surface area contributed by atoms with E-state index in [9.17, 15) is 22.4 Å². The second-order valence-electron chi connectivity index (χ2n) is 5.98. The molecular formula is C18H16F4N2O. The maximum Gasteiger partial charge on any atom is 0.416 e. The molecule has 0 spiro atoms. The zero-order valence-corrected chi connectivity index (χ0v) is 13.6. The molecule has 0 saturated carbocycles. The van der Waals surface area contributed by atoms with Gasteiger partial charge in [0.05, 0.1) is 23.8 Å². The third-order valence-electron chi connectivity index (χ3n) is 4.53. The molecule has 3 rings (SSSR count). The van der Waals surface area contributed by atoms with Crippen LogP contribution in [-0.4, -0.2) is 18.0 Å². The number of nitrogens with zero attached hydrogens (tertiary/aromatic N) is 2. The summed E-state index contributed by atoms with van der Waals surface area (Å²) in [6.07, 6.45) is -4.70. The number of fused-ring (bicyclic) bond motifs is 1. The molecule has 0 aromatic heterocycles. The number of hydrogen-bond donors (Lipinski definition) is 0. The van der Waals surface area contributed by atoms with Crippen molar-refractivity contribution in [2.24, 2.45) is 0 Å². The van der Waals surface area contributed by atoms with Crippen molar-refractivity contribution < 1.29 is 22.4 Å². The van der Waals surface area contributed by atoms with Crippen LogP contribution in [0.15, 0.2) is 42.5 Å². The predicted molar refractivity (Wildman–Crippen MR) is 85.6 cm³/mol. The van der Waals surface area contributed by atoms with Gasteiger partial charge in [0.25, 0.3) is 0 Å². The van der Waals surface area contributed by atoms with E-state index < -0.39 is 35.7 Å². The fourth-order valence-corrected chi connectivity index (χ4v) is 3.05. The Morgan fingerprint density at radius 3 is 2.44 bits per heavy atom. The van der Waals surface area contributed by atoms with Crippen LogP contribution in [0.25, 0.3) is 0 Å². The Labute approximate surface area is 142 Å².